The standard InChI is InChI=1S/C13H18O3.C2H6/c1-3-5-15-12-7-11(10-14)8-13(9-12)16-6-4-2;1-2/h1-2,11-14H,5-10H2;1-2H3. The van der Waals surface area contributed by atoms with Crippen molar-refractivity contribution < 1.29 is 14.6 Å². The Morgan fingerprint density at radius 2 is 1.44 bits per heavy atom. The number of terminal acetylenes is 2. The van der Waals surface area contributed by atoms with E-state index in [1.54, 1.807) is 0 Å². The minimum Gasteiger partial charge on any atom is -0.396 e. The maximum Gasteiger partial charge on any atom is 0.107 e. The molecule has 0 radical (unpaired) electrons. The minimum atomic E-state index is 0.0738. The van der Waals surface area contributed by atoms with E-state index in [2.05, 4.69) is 11.8 Å². The highest BCUT2D eigenvalue weighted by molar-refractivity contribution is 4.88. The Labute approximate surface area is 111 Å². The smallest absolute Gasteiger partial charge is 0.107 e. The summed E-state index contributed by atoms with van der Waals surface area (Å²) in [5, 5.41) is 9.19. The summed E-state index contributed by atoms with van der Waals surface area (Å²) in [6.07, 6.45) is 12.9. The Kier molecular flexibility index (Phi) is 10.5. The first-order chi connectivity index (χ1) is 8.80. The number of hydrogen-bond donors (Lipinski definition) is 1. The van der Waals surface area contributed by atoms with Gasteiger partial charge >= 0.3 is 0 Å². The van der Waals surface area contributed by atoms with Gasteiger partial charge in [-0.25, -0.2) is 0 Å². The molecule has 0 aromatic heterocycles. The van der Waals surface area contributed by atoms with Gasteiger partial charge in [0.1, 0.15) is 13.2 Å². The van der Waals surface area contributed by atoms with Crippen LogP contribution in [0, 0.1) is 30.6 Å². The second-order valence-corrected chi connectivity index (χ2v) is 4.03. The summed E-state index contributed by atoms with van der Waals surface area (Å²) in [6, 6.07) is 0. The molecule has 18 heavy (non-hydrogen) atoms. The molecule has 102 valence electrons. The summed E-state index contributed by atoms with van der Waals surface area (Å²) in [6.45, 7) is 4.78. The molecule has 0 spiro atoms. The Balaban J connectivity index is 0.00000137. The Morgan fingerprint density at radius 3 is 1.78 bits per heavy atom. The fraction of sp³-hybridized carbons (Fsp3) is 0.733. The van der Waals surface area contributed by atoms with Gasteiger partial charge in [0.2, 0.25) is 0 Å². The lowest BCUT2D eigenvalue weighted by Crippen LogP contribution is -2.34. The van der Waals surface area contributed by atoms with Crippen LogP contribution >= 0.6 is 0 Å². The van der Waals surface area contributed by atoms with Gasteiger partial charge < -0.3 is 14.6 Å². The van der Waals surface area contributed by atoms with Crippen molar-refractivity contribution in [3.05, 3.63) is 0 Å². The zero-order chi connectivity index (χ0) is 13.8. The average molecular weight is 252 g/mol. The lowest BCUT2D eigenvalue weighted by molar-refractivity contribution is -0.0539. The molecule has 0 aromatic carbocycles. The van der Waals surface area contributed by atoms with Crippen LogP contribution in [-0.4, -0.2) is 37.1 Å². The molecule has 0 heterocycles. The van der Waals surface area contributed by atoms with Crippen LogP contribution in [-0.2, 0) is 9.47 Å². The predicted octanol–water partition coefficient (Wildman–Crippen LogP) is 1.84. The maximum atomic E-state index is 9.19. The molecule has 1 aliphatic rings. The van der Waals surface area contributed by atoms with Crippen molar-refractivity contribution in [2.45, 2.75) is 45.3 Å². The van der Waals surface area contributed by atoms with Gasteiger partial charge in [-0.2, -0.15) is 0 Å². The molecule has 1 rings (SSSR count). The topological polar surface area (TPSA) is 38.7 Å². The van der Waals surface area contributed by atoms with E-state index in [9.17, 15) is 5.11 Å². The van der Waals surface area contributed by atoms with Crippen molar-refractivity contribution in [3.8, 4) is 24.7 Å². The Morgan fingerprint density at radius 1 is 1.00 bits per heavy atom. The largest absolute Gasteiger partial charge is 0.396 e. The maximum absolute atomic E-state index is 9.19. The number of aliphatic hydroxyl groups is 1. The zero-order valence-electron chi connectivity index (χ0n) is 11.4. The van der Waals surface area contributed by atoms with E-state index in [0.717, 1.165) is 19.3 Å². The second-order valence-electron chi connectivity index (χ2n) is 4.03. The lowest BCUT2D eigenvalue weighted by atomic mass is 9.85. The molecule has 1 aliphatic carbocycles. The first kappa shape index (κ1) is 17.0. The molecular formula is C15H24O3. The molecule has 3 heteroatoms. The van der Waals surface area contributed by atoms with Crippen LogP contribution < -0.4 is 0 Å². The highest BCUT2D eigenvalue weighted by Crippen LogP contribution is 2.28. The van der Waals surface area contributed by atoms with Crippen LogP contribution in [0.25, 0.3) is 0 Å². The predicted molar refractivity (Wildman–Crippen MR) is 72.9 cm³/mol. The van der Waals surface area contributed by atoms with Gasteiger partial charge in [0, 0.05) is 6.61 Å². The third kappa shape index (κ3) is 6.67. The van der Waals surface area contributed by atoms with Crippen molar-refractivity contribution in [2.24, 2.45) is 5.92 Å². The monoisotopic (exact) mass is 252 g/mol. The molecule has 3 nitrogen and oxygen atoms in total. The quantitative estimate of drug-likeness (QED) is 0.759. The molecule has 2 unspecified atom stereocenters. The van der Waals surface area contributed by atoms with Crippen LogP contribution in [0.3, 0.4) is 0 Å². The molecule has 1 N–H and O–H groups in total. The lowest BCUT2D eigenvalue weighted by Gasteiger charge is -2.33. The van der Waals surface area contributed by atoms with E-state index in [1.165, 1.54) is 0 Å². The van der Waals surface area contributed by atoms with Gasteiger partial charge in [0.25, 0.3) is 0 Å². The fourth-order valence-electron chi connectivity index (χ4n) is 2.08. The van der Waals surface area contributed by atoms with Gasteiger partial charge in [0.15, 0.2) is 0 Å². The summed E-state index contributed by atoms with van der Waals surface area (Å²) in [7, 11) is 0. The normalized spacial score (nSPS) is 26.4. The van der Waals surface area contributed by atoms with Crippen molar-refractivity contribution in [2.75, 3.05) is 19.8 Å². The molecule has 0 aliphatic heterocycles. The number of ether oxygens (including phenoxy) is 2. The fourth-order valence-corrected chi connectivity index (χ4v) is 2.08. The van der Waals surface area contributed by atoms with E-state index in [0.29, 0.717) is 13.2 Å². The van der Waals surface area contributed by atoms with Crippen LogP contribution in [0.15, 0.2) is 0 Å². The van der Waals surface area contributed by atoms with Gasteiger partial charge in [-0.1, -0.05) is 25.7 Å². The number of aliphatic hydroxyl groups excluding tert-OH is 1. The molecule has 0 bridgehead atoms. The van der Waals surface area contributed by atoms with Crippen molar-refractivity contribution >= 4 is 0 Å². The molecule has 0 aromatic rings. The SMILES string of the molecule is C#CCOC1CC(CO)CC(OCC#C)C1.CC. The third-order valence-corrected chi connectivity index (χ3v) is 2.78. The van der Waals surface area contributed by atoms with Crippen LogP contribution in [0.2, 0.25) is 0 Å². The summed E-state index contributed by atoms with van der Waals surface area (Å²) >= 11 is 0. The third-order valence-electron chi connectivity index (χ3n) is 2.78. The molecule has 1 saturated carbocycles. The first-order valence-corrected chi connectivity index (χ1v) is 6.51. The van der Waals surface area contributed by atoms with Crippen LogP contribution in [0.5, 0.6) is 0 Å². The van der Waals surface area contributed by atoms with Gasteiger partial charge in [-0.3, -0.25) is 0 Å². The summed E-state index contributed by atoms with van der Waals surface area (Å²) in [5.41, 5.74) is 0. The van der Waals surface area contributed by atoms with E-state index in [4.69, 9.17) is 22.3 Å². The highest BCUT2D eigenvalue weighted by atomic mass is 16.5. The van der Waals surface area contributed by atoms with Gasteiger partial charge in [0.05, 0.1) is 12.2 Å². The zero-order valence-corrected chi connectivity index (χ0v) is 11.4. The highest BCUT2D eigenvalue weighted by Gasteiger charge is 2.29. The van der Waals surface area contributed by atoms with Crippen molar-refractivity contribution in [1.82, 2.24) is 0 Å². The number of hydrogen-bond acceptors (Lipinski definition) is 3. The van der Waals surface area contributed by atoms with Gasteiger partial charge in [-0.15, -0.1) is 12.8 Å². The molecular weight excluding hydrogens is 228 g/mol. The van der Waals surface area contributed by atoms with Crippen LogP contribution in [0.1, 0.15) is 33.1 Å². The van der Waals surface area contributed by atoms with Crippen molar-refractivity contribution in [3.63, 3.8) is 0 Å². The molecule has 1 fully saturated rings. The first-order valence-electron chi connectivity index (χ1n) is 6.51. The van der Waals surface area contributed by atoms with E-state index < -0.39 is 0 Å². The summed E-state index contributed by atoms with van der Waals surface area (Å²) in [4.78, 5) is 0. The van der Waals surface area contributed by atoms with Crippen LogP contribution in [0.4, 0.5) is 0 Å². The molecule has 2 atom stereocenters. The molecule has 0 amide bonds. The summed E-state index contributed by atoms with van der Waals surface area (Å²) in [5.74, 6) is 5.12. The summed E-state index contributed by atoms with van der Waals surface area (Å²) < 4.78 is 11.0. The average Bonchev–Trinajstić information content (AvgIpc) is 2.44. The van der Waals surface area contributed by atoms with Gasteiger partial charge in [-0.05, 0) is 25.2 Å². The molecule has 0 saturated heterocycles. The Hall–Kier alpha value is -1.00. The Bertz CT molecular complexity index is 248. The second kappa shape index (κ2) is 11.1. The van der Waals surface area contributed by atoms with E-state index in [-0.39, 0.29) is 24.7 Å². The minimum absolute atomic E-state index is 0.0738. The van der Waals surface area contributed by atoms with E-state index >= 15 is 0 Å². The van der Waals surface area contributed by atoms with E-state index in [1.807, 2.05) is 13.8 Å². The van der Waals surface area contributed by atoms with Crippen molar-refractivity contribution in [1.29, 1.82) is 0 Å². The number of rotatable bonds is 5.